The largest absolute Gasteiger partial charge is 0.444 e. The van der Waals surface area contributed by atoms with Gasteiger partial charge in [-0.2, -0.15) is 0 Å². The maximum atomic E-state index is 12.2. The van der Waals surface area contributed by atoms with Crippen LogP contribution >= 0.6 is 0 Å². The highest BCUT2D eigenvalue weighted by Crippen LogP contribution is 2.42. The number of piperidine rings is 1. The van der Waals surface area contributed by atoms with Crippen LogP contribution in [0.15, 0.2) is 35.9 Å². The zero-order valence-electron chi connectivity index (χ0n) is 18.1. The Morgan fingerprint density at radius 1 is 1.18 bits per heavy atom. The SMILES string of the molecule is CC(C)/C(=C\c1ccccc1)C1CC1NC1CCN(C(=O)OC(C)(C)C)CC1. The van der Waals surface area contributed by atoms with E-state index in [-0.39, 0.29) is 6.09 Å². The summed E-state index contributed by atoms with van der Waals surface area (Å²) >= 11 is 0. The van der Waals surface area contributed by atoms with E-state index in [4.69, 9.17) is 4.74 Å². The van der Waals surface area contributed by atoms with E-state index in [0.717, 1.165) is 25.9 Å². The second-order valence-electron chi connectivity index (χ2n) is 9.57. The average molecular weight is 385 g/mol. The summed E-state index contributed by atoms with van der Waals surface area (Å²) in [4.78, 5) is 14.1. The number of benzene rings is 1. The number of ether oxygens (including phenoxy) is 1. The lowest BCUT2D eigenvalue weighted by Gasteiger charge is -2.34. The highest BCUT2D eigenvalue weighted by Gasteiger charge is 2.42. The molecule has 1 saturated carbocycles. The molecule has 2 fully saturated rings. The molecule has 0 spiro atoms. The molecule has 1 aliphatic carbocycles. The number of carbonyl (C=O) groups is 1. The quantitative estimate of drug-likeness (QED) is 0.767. The number of amides is 1. The molecule has 0 aromatic heterocycles. The van der Waals surface area contributed by atoms with Crippen LogP contribution in [-0.4, -0.2) is 41.8 Å². The van der Waals surface area contributed by atoms with Crippen molar-refractivity contribution in [2.24, 2.45) is 11.8 Å². The molecule has 2 aliphatic rings. The highest BCUT2D eigenvalue weighted by atomic mass is 16.6. The summed E-state index contributed by atoms with van der Waals surface area (Å²) in [6, 6.07) is 11.7. The standard InChI is InChI=1S/C24H36N2O2/c1-17(2)20(15-18-9-7-6-8-10-18)21-16-22(21)25-19-11-13-26(14-12-19)23(27)28-24(3,4)5/h6-10,15,17,19,21-22,25H,11-14,16H2,1-5H3/b20-15+. The van der Waals surface area contributed by atoms with Crippen LogP contribution in [0.2, 0.25) is 0 Å². The number of nitrogens with zero attached hydrogens (tertiary/aromatic N) is 1. The lowest BCUT2D eigenvalue weighted by molar-refractivity contribution is 0.0198. The Hall–Kier alpha value is -1.81. The van der Waals surface area contributed by atoms with Crippen LogP contribution in [0.1, 0.15) is 59.4 Å². The zero-order valence-corrected chi connectivity index (χ0v) is 18.1. The monoisotopic (exact) mass is 384 g/mol. The summed E-state index contributed by atoms with van der Waals surface area (Å²) in [6.07, 6.45) is 5.43. The molecular weight excluding hydrogens is 348 g/mol. The van der Waals surface area contributed by atoms with Gasteiger partial charge in [0.25, 0.3) is 0 Å². The van der Waals surface area contributed by atoms with Crippen LogP contribution < -0.4 is 5.32 Å². The molecule has 1 aliphatic heterocycles. The third kappa shape index (κ3) is 5.84. The van der Waals surface area contributed by atoms with Gasteiger partial charge in [-0.15, -0.1) is 0 Å². The van der Waals surface area contributed by atoms with Gasteiger partial charge in [-0.05, 0) is 57.4 Å². The molecule has 1 N–H and O–H groups in total. The molecule has 28 heavy (non-hydrogen) atoms. The second kappa shape index (κ2) is 8.69. The van der Waals surface area contributed by atoms with E-state index in [2.05, 4.69) is 55.6 Å². The van der Waals surface area contributed by atoms with Crippen molar-refractivity contribution in [3.05, 3.63) is 41.5 Å². The molecule has 0 radical (unpaired) electrons. The summed E-state index contributed by atoms with van der Waals surface area (Å²) in [6.45, 7) is 11.9. The van der Waals surface area contributed by atoms with Crippen LogP contribution in [0.25, 0.3) is 6.08 Å². The van der Waals surface area contributed by atoms with Gasteiger partial charge >= 0.3 is 6.09 Å². The summed E-state index contributed by atoms with van der Waals surface area (Å²) in [5.74, 6) is 1.20. The molecule has 1 aromatic rings. The first-order chi connectivity index (χ1) is 13.2. The normalized spacial score (nSPS) is 23.8. The summed E-state index contributed by atoms with van der Waals surface area (Å²) in [5.41, 5.74) is 2.42. The topological polar surface area (TPSA) is 41.6 Å². The van der Waals surface area contributed by atoms with Gasteiger partial charge in [0, 0.05) is 25.2 Å². The molecule has 3 rings (SSSR count). The van der Waals surface area contributed by atoms with E-state index in [1.165, 1.54) is 12.0 Å². The fraction of sp³-hybridized carbons (Fsp3) is 0.625. The number of rotatable bonds is 5. The van der Waals surface area contributed by atoms with Gasteiger partial charge in [0.2, 0.25) is 0 Å². The van der Waals surface area contributed by atoms with Crippen molar-refractivity contribution in [2.45, 2.75) is 71.6 Å². The zero-order chi connectivity index (χ0) is 20.3. The first kappa shape index (κ1) is 20.9. The predicted molar refractivity (Wildman–Crippen MR) is 115 cm³/mol. The number of hydrogen-bond acceptors (Lipinski definition) is 3. The first-order valence-corrected chi connectivity index (χ1v) is 10.7. The van der Waals surface area contributed by atoms with Gasteiger partial charge in [-0.1, -0.05) is 55.8 Å². The Labute approximate surface area is 170 Å². The Morgan fingerprint density at radius 3 is 2.39 bits per heavy atom. The Morgan fingerprint density at radius 2 is 1.82 bits per heavy atom. The fourth-order valence-electron chi connectivity index (χ4n) is 4.05. The first-order valence-electron chi connectivity index (χ1n) is 10.7. The van der Waals surface area contributed by atoms with Crippen molar-refractivity contribution in [1.82, 2.24) is 10.2 Å². The van der Waals surface area contributed by atoms with Crippen molar-refractivity contribution in [2.75, 3.05) is 13.1 Å². The van der Waals surface area contributed by atoms with Gasteiger partial charge in [-0.25, -0.2) is 4.79 Å². The van der Waals surface area contributed by atoms with E-state index in [1.54, 1.807) is 5.57 Å². The third-order valence-corrected chi connectivity index (χ3v) is 5.61. The maximum Gasteiger partial charge on any atom is 0.410 e. The number of likely N-dealkylation sites (tertiary alicyclic amines) is 1. The van der Waals surface area contributed by atoms with Crippen molar-refractivity contribution >= 4 is 12.2 Å². The lowest BCUT2D eigenvalue weighted by atomic mass is 9.95. The predicted octanol–water partition coefficient (Wildman–Crippen LogP) is 5.10. The Bertz CT molecular complexity index is 682. The number of carbonyl (C=O) groups excluding carboxylic acids is 1. The average Bonchev–Trinajstić information content (AvgIpc) is 3.38. The van der Waals surface area contributed by atoms with E-state index >= 15 is 0 Å². The van der Waals surface area contributed by atoms with Crippen LogP contribution in [-0.2, 0) is 4.74 Å². The van der Waals surface area contributed by atoms with Crippen LogP contribution in [0.3, 0.4) is 0 Å². The lowest BCUT2D eigenvalue weighted by Crippen LogP contribution is -2.47. The Kier molecular flexibility index (Phi) is 6.49. The molecule has 0 bridgehead atoms. The Balaban J connectivity index is 1.49. The van der Waals surface area contributed by atoms with Gasteiger partial charge in [0.1, 0.15) is 5.60 Å². The highest BCUT2D eigenvalue weighted by molar-refractivity contribution is 5.68. The van der Waals surface area contributed by atoms with Crippen molar-refractivity contribution in [3.8, 4) is 0 Å². The third-order valence-electron chi connectivity index (χ3n) is 5.61. The summed E-state index contributed by atoms with van der Waals surface area (Å²) in [5, 5.41) is 3.85. The molecule has 1 amide bonds. The number of hydrogen-bond donors (Lipinski definition) is 1. The second-order valence-corrected chi connectivity index (χ2v) is 9.57. The minimum atomic E-state index is -0.425. The van der Waals surface area contributed by atoms with E-state index in [9.17, 15) is 4.79 Å². The van der Waals surface area contributed by atoms with Gasteiger partial charge in [0.15, 0.2) is 0 Å². The van der Waals surface area contributed by atoms with Crippen molar-refractivity contribution in [1.29, 1.82) is 0 Å². The number of nitrogens with one attached hydrogen (secondary N) is 1. The van der Waals surface area contributed by atoms with Gasteiger partial charge in [-0.3, -0.25) is 0 Å². The molecule has 2 atom stereocenters. The molecule has 1 saturated heterocycles. The van der Waals surface area contributed by atoms with Crippen molar-refractivity contribution in [3.63, 3.8) is 0 Å². The van der Waals surface area contributed by atoms with Crippen molar-refractivity contribution < 1.29 is 9.53 Å². The molecule has 4 nitrogen and oxygen atoms in total. The van der Waals surface area contributed by atoms with Crippen LogP contribution in [0, 0.1) is 11.8 Å². The smallest absolute Gasteiger partial charge is 0.410 e. The van der Waals surface area contributed by atoms with Crippen LogP contribution in [0.5, 0.6) is 0 Å². The van der Waals surface area contributed by atoms with E-state index in [0.29, 0.717) is 23.9 Å². The molecule has 154 valence electrons. The molecule has 1 aromatic carbocycles. The minimum absolute atomic E-state index is 0.178. The maximum absolute atomic E-state index is 12.2. The summed E-state index contributed by atoms with van der Waals surface area (Å²) < 4.78 is 5.50. The molecule has 4 heteroatoms. The molecule has 2 unspecified atom stereocenters. The summed E-state index contributed by atoms with van der Waals surface area (Å²) in [7, 11) is 0. The van der Waals surface area contributed by atoms with Gasteiger partial charge in [0.05, 0.1) is 0 Å². The van der Waals surface area contributed by atoms with E-state index < -0.39 is 5.60 Å². The minimum Gasteiger partial charge on any atom is -0.444 e. The van der Waals surface area contributed by atoms with Crippen LogP contribution in [0.4, 0.5) is 4.79 Å². The van der Waals surface area contributed by atoms with Gasteiger partial charge < -0.3 is 15.0 Å². The molecular formula is C24H36N2O2. The van der Waals surface area contributed by atoms with E-state index in [1.807, 2.05) is 25.7 Å². The fourth-order valence-corrected chi connectivity index (χ4v) is 4.05. The molecule has 1 heterocycles.